The van der Waals surface area contributed by atoms with Gasteiger partial charge in [0.1, 0.15) is 0 Å². The summed E-state index contributed by atoms with van der Waals surface area (Å²) in [5, 5.41) is 0. The number of hydrogen-bond donors (Lipinski definition) is 1. The zero-order valence-corrected chi connectivity index (χ0v) is 5.63. The van der Waals surface area contributed by atoms with Gasteiger partial charge in [-0.3, -0.25) is 0 Å². The van der Waals surface area contributed by atoms with E-state index in [1.54, 1.807) is 0 Å². The van der Waals surface area contributed by atoms with Gasteiger partial charge in [0.25, 0.3) is 0 Å². The largest absolute Gasteiger partial charge is 0.408 e. The summed E-state index contributed by atoms with van der Waals surface area (Å²) < 4.78 is 51.4. The van der Waals surface area contributed by atoms with Crippen LogP contribution in [0.2, 0.25) is 0 Å². The van der Waals surface area contributed by atoms with Gasteiger partial charge in [0, 0.05) is 0 Å². The Bertz CT molecular complexity index is 172. The molecule has 1 fully saturated rings. The summed E-state index contributed by atoms with van der Waals surface area (Å²) in [5.74, 6) is 0. The van der Waals surface area contributed by atoms with E-state index in [2.05, 4.69) is 0 Å². The average molecular weight is 174 g/mol. The minimum Gasteiger partial charge on any atom is -0.305 e. The minimum absolute atomic E-state index is 0.223. The fourth-order valence-corrected chi connectivity index (χ4v) is 1.32. The molecule has 0 bridgehead atoms. The molecule has 0 aromatic carbocycles. The summed E-state index contributed by atoms with van der Waals surface area (Å²) in [6.07, 6.45) is -4.97. The Balaban J connectivity index is 2.80. The molecule has 0 aliphatic heterocycles. The van der Waals surface area contributed by atoms with Crippen LogP contribution in [0.25, 0.3) is 0 Å². The normalized spacial score (nSPS) is 26.0. The molecule has 0 heterocycles. The van der Waals surface area contributed by atoms with Crippen molar-refractivity contribution in [3.05, 3.63) is 0 Å². The second-order valence-corrected chi connectivity index (χ2v) is 3.52. The molecule has 1 unspecified atom stereocenters. The Hall–Kier alpha value is -0.100. The van der Waals surface area contributed by atoms with Gasteiger partial charge in [0.05, 0.1) is 0 Å². The van der Waals surface area contributed by atoms with Crippen LogP contribution in [-0.2, 0) is 11.1 Å². The molecule has 0 saturated heterocycles. The molecule has 1 saturated carbocycles. The summed E-state index contributed by atoms with van der Waals surface area (Å²) >= 11 is -2.76. The van der Waals surface area contributed by atoms with Crippen LogP contribution < -0.4 is 0 Å². The van der Waals surface area contributed by atoms with E-state index in [0.29, 0.717) is 0 Å². The summed E-state index contributed by atoms with van der Waals surface area (Å²) in [6, 6.07) is 0. The van der Waals surface area contributed by atoms with E-state index < -0.39 is 22.0 Å². The first-order valence-electron chi connectivity index (χ1n) is 2.58. The first kappa shape index (κ1) is 8.00. The van der Waals surface area contributed by atoms with Crippen LogP contribution in [-0.4, -0.2) is 19.7 Å². The Morgan fingerprint density at radius 1 is 1.40 bits per heavy atom. The van der Waals surface area contributed by atoms with Gasteiger partial charge in [0.2, 0.25) is 0 Å². The molecule has 1 aliphatic carbocycles. The van der Waals surface area contributed by atoms with Crippen LogP contribution in [0, 0.1) is 0 Å². The highest BCUT2D eigenvalue weighted by Crippen LogP contribution is 2.52. The van der Waals surface area contributed by atoms with Crippen molar-refractivity contribution in [2.45, 2.75) is 23.8 Å². The summed E-state index contributed by atoms with van der Waals surface area (Å²) in [4.78, 5) is 0. The standard InChI is InChI=1S/C4H5F3O2S/c5-4(6,7)3(1-2-3)10(8)9/h1-2H2,(H,8,9). The lowest BCUT2D eigenvalue weighted by atomic mass is 10.4. The van der Waals surface area contributed by atoms with Gasteiger partial charge < -0.3 is 4.55 Å². The van der Waals surface area contributed by atoms with Crippen molar-refractivity contribution in [1.29, 1.82) is 0 Å². The molecule has 1 rings (SSSR count). The van der Waals surface area contributed by atoms with E-state index in [-0.39, 0.29) is 12.8 Å². The van der Waals surface area contributed by atoms with Crippen LogP contribution >= 0.6 is 0 Å². The molecular formula is C4H5F3O2S. The minimum atomic E-state index is -4.52. The maximum absolute atomic E-state index is 11.8. The first-order valence-corrected chi connectivity index (χ1v) is 3.68. The third kappa shape index (κ3) is 0.950. The highest BCUT2D eigenvalue weighted by Gasteiger charge is 2.68. The van der Waals surface area contributed by atoms with Crippen molar-refractivity contribution in [2.75, 3.05) is 0 Å². The van der Waals surface area contributed by atoms with Gasteiger partial charge in [-0.2, -0.15) is 13.2 Å². The lowest BCUT2D eigenvalue weighted by Crippen LogP contribution is -2.34. The van der Waals surface area contributed by atoms with Crippen LogP contribution in [0.4, 0.5) is 13.2 Å². The molecule has 0 spiro atoms. The third-order valence-corrected chi connectivity index (χ3v) is 2.86. The predicted octanol–water partition coefficient (Wildman–Crippen LogP) is 1.30. The van der Waals surface area contributed by atoms with Crippen molar-refractivity contribution in [3.63, 3.8) is 0 Å². The monoisotopic (exact) mass is 174 g/mol. The summed E-state index contributed by atoms with van der Waals surface area (Å²) in [6.45, 7) is 0. The fourth-order valence-electron chi connectivity index (χ4n) is 0.671. The van der Waals surface area contributed by atoms with E-state index in [9.17, 15) is 17.4 Å². The Labute approximate surface area is 57.7 Å². The van der Waals surface area contributed by atoms with Crippen molar-refractivity contribution in [1.82, 2.24) is 0 Å². The summed E-state index contributed by atoms with van der Waals surface area (Å²) in [5.41, 5.74) is 0. The molecule has 1 atom stereocenters. The number of hydrogen-bond acceptors (Lipinski definition) is 1. The van der Waals surface area contributed by atoms with E-state index in [1.165, 1.54) is 0 Å². The van der Waals surface area contributed by atoms with Crippen molar-refractivity contribution in [3.8, 4) is 0 Å². The fraction of sp³-hybridized carbons (Fsp3) is 1.00. The molecular weight excluding hydrogens is 169 g/mol. The van der Waals surface area contributed by atoms with Crippen molar-refractivity contribution >= 4 is 11.1 Å². The van der Waals surface area contributed by atoms with Crippen LogP contribution in [0.15, 0.2) is 0 Å². The van der Waals surface area contributed by atoms with Gasteiger partial charge in [-0.25, -0.2) is 4.21 Å². The topological polar surface area (TPSA) is 37.3 Å². The SMILES string of the molecule is O=S(O)C1(C(F)(F)F)CC1. The van der Waals surface area contributed by atoms with Crippen LogP contribution in [0.3, 0.4) is 0 Å². The number of rotatable bonds is 1. The quantitative estimate of drug-likeness (QED) is 0.608. The average Bonchev–Trinajstić information content (AvgIpc) is 2.36. The van der Waals surface area contributed by atoms with E-state index in [1.807, 2.05) is 0 Å². The predicted molar refractivity (Wildman–Crippen MR) is 28.8 cm³/mol. The number of halogens is 3. The zero-order chi connectivity index (χ0) is 7.99. The highest BCUT2D eigenvalue weighted by atomic mass is 32.2. The molecule has 2 nitrogen and oxygen atoms in total. The molecule has 0 amide bonds. The van der Waals surface area contributed by atoms with Crippen LogP contribution in [0.1, 0.15) is 12.8 Å². The molecule has 10 heavy (non-hydrogen) atoms. The first-order chi connectivity index (χ1) is 4.40. The molecule has 0 radical (unpaired) electrons. The molecule has 1 N–H and O–H groups in total. The highest BCUT2D eigenvalue weighted by molar-refractivity contribution is 7.81. The second kappa shape index (κ2) is 1.94. The van der Waals surface area contributed by atoms with Gasteiger partial charge >= 0.3 is 6.18 Å². The van der Waals surface area contributed by atoms with E-state index in [4.69, 9.17) is 4.55 Å². The van der Waals surface area contributed by atoms with E-state index in [0.717, 1.165) is 0 Å². The van der Waals surface area contributed by atoms with Crippen molar-refractivity contribution in [2.24, 2.45) is 0 Å². The third-order valence-electron chi connectivity index (χ3n) is 1.56. The smallest absolute Gasteiger partial charge is 0.305 e. The van der Waals surface area contributed by atoms with Gasteiger partial charge in [-0.05, 0) is 12.8 Å². The van der Waals surface area contributed by atoms with Gasteiger partial charge in [0.15, 0.2) is 15.8 Å². The maximum Gasteiger partial charge on any atom is 0.408 e. The van der Waals surface area contributed by atoms with Crippen LogP contribution in [0.5, 0.6) is 0 Å². The molecule has 0 aromatic heterocycles. The van der Waals surface area contributed by atoms with E-state index >= 15 is 0 Å². The molecule has 1 aliphatic rings. The molecule has 60 valence electrons. The lowest BCUT2D eigenvalue weighted by Gasteiger charge is -2.13. The van der Waals surface area contributed by atoms with Gasteiger partial charge in [-0.15, -0.1) is 0 Å². The zero-order valence-electron chi connectivity index (χ0n) is 4.81. The lowest BCUT2D eigenvalue weighted by molar-refractivity contribution is -0.137. The van der Waals surface area contributed by atoms with Gasteiger partial charge in [-0.1, -0.05) is 0 Å². The number of alkyl halides is 3. The Kier molecular flexibility index (Phi) is 1.56. The molecule has 6 heteroatoms. The summed E-state index contributed by atoms with van der Waals surface area (Å²) in [7, 11) is 0. The second-order valence-electron chi connectivity index (χ2n) is 2.24. The van der Waals surface area contributed by atoms with Crippen molar-refractivity contribution < 1.29 is 21.9 Å². The Morgan fingerprint density at radius 3 is 1.80 bits per heavy atom. The maximum atomic E-state index is 11.8. The Morgan fingerprint density at radius 2 is 1.80 bits per heavy atom. The molecule has 0 aromatic rings.